The van der Waals surface area contributed by atoms with Crippen LogP contribution in [0.25, 0.3) is 10.2 Å². The zero-order chi connectivity index (χ0) is 15.9. The van der Waals surface area contributed by atoms with Crippen molar-refractivity contribution >= 4 is 26.7 Å². The number of para-hydroxylation sites is 1. The standard InChI is InChI=1S/C19H26N4S/c1-2-4-18-17(3-1)20-19(24-18)22-10-7-21(8-11-22)9-12-23-14-15-5-6-16(23)13-15/h1-4,15-16H,5-14H2/t15-,16+/m0/s1. The number of benzene rings is 1. The van der Waals surface area contributed by atoms with Gasteiger partial charge in [0.2, 0.25) is 0 Å². The second-order valence-electron chi connectivity index (χ2n) is 7.62. The Labute approximate surface area is 148 Å². The molecule has 0 amide bonds. The number of thiazole rings is 1. The molecule has 3 aliphatic rings. The number of piperidine rings is 1. The Balaban J connectivity index is 1.14. The molecule has 128 valence electrons. The average molecular weight is 343 g/mol. The molecule has 1 aromatic carbocycles. The molecule has 0 N–H and O–H groups in total. The Kier molecular flexibility index (Phi) is 3.96. The Hall–Kier alpha value is -1.17. The monoisotopic (exact) mass is 342 g/mol. The van der Waals surface area contributed by atoms with Crippen LogP contribution < -0.4 is 4.90 Å². The fourth-order valence-corrected chi connectivity index (χ4v) is 5.75. The largest absolute Gasteiger partial charge is 0.345 e. The topological polar surface area (TPSA) is 22.6 Å². The molecule has 0 radical (unpaired) electrons. The zero-order valence-electron chi connectivity index (χ0n) is 14.2. The molecule has 2 atom stereocenters. The average Bonchev–Trinajstić information content (AvgIpc) is 3.35. The Morgan fingerprint density at radius 3 is 2.67 bits per heavy atom. The third-order valence-electron chi connectivity index (χ3n) is 6.15. The van der Waals surface area contributed by atoms with Crippen LogP contribution in [0.4, 0.5) is 5.13 Å². The number of hydrogen-bond donors (Lipinski definition) is 0. The predicted molar refractivity (Wildman–Crippen MR) is 101 cm³/mol. The summed E-state index contributed by atoms with van der Waals surface area (Å²) in [4.78, 5) is 12.7. The van der Waals surface area contributed by atoms with Crippen molar-refractivity contribution in [3.8, 4) is 0 Å². The molecule has 3 fully saturated rings. The highest BCUT2D eigenvalue weighted by molar-refractivity contribution is 7.22. The van der Waals surface area contributed by atoms with Crippen molar-refractivity contribution in [1.82, 2.24) is 14.8 Å². The quantitative estimate of drug-likeness (QED) is 0.852. The van der Waals surface area contributed by atoms with Gasteiger partial charge in [0.05, 0.1) is 10.2 Å². The predicted octanol–water partition coefficient (Wildman–Crippen LogP) is 2.90. The van der Waals surface area contributed by atoms with Gasteiger partial charge in [0.15, 0.2) is 5.13 Å². The molecule has 5 heteroatoms. The molecule has 0 spiro atoms. The van der Waals surface area contributed by atoms with Gasteiger partial charge in [-0.25, -0.2) is 4.98 Å². The second kappa shape index (κ2) is 6.28. The number of piperazine rings is 1. The van der Waals surface area contributed by atoms with E-state index in [1.54, 1.807) is 0 Å². The summed E-state index contributed by atoms with van der Waals surface area (Å²) in [6.07, 6.45) is 4.42. The van der Waals surface area contributed by atoms with E-state index in [1.807, 2.05) is 11.3 Å². The third-order valence-corrected chi connectivity index (χ3v) is 7.25. The summed E-state index contributed by atoms with van der Waals surface area (Å²) in [5.74, 6) is 1.02. The van der Waals surface area contributed by atoms with E-state index in [-0.39, 0.29) is 0 Å². The van der Waals surface area contributed by atoms with Gasteiger partial charge in [-0.15, -0.1) is 0 Å². The Morgan fingerprint density at radius 1 is 1.04 bits per heavy atom. The van der Waals surface area contributed by atoms with Crippen molar-refractivity contribution in [3.05, 3.63) is 24.3 Å². The first kappa shape index (κ1) is 15.1. The molecule has 24 heavy (non-hydrogen) atoms. The van der Waals surface area contributed by atoms with Crippen LogP contribution in [-0.2, 0) is 0 Å². The molecule has 2 saturated heterocycles. The van der Waals surface area contributed by atoms with E-state index in [9.17, 15) is 0 Å². The number of fused-ring (bicyclic) bond motifs is 3. The molecular formula is C19H26N4S. The van der Waals surface area contributed by atoms with Crippen molar-refractivity contribution in [2.75, 3.05) is 50.7 Å². The molecule has 3 heterocycles. The van der Waals surface area contributed by atoms with E-state index in [4.69, 9.17) is 4.98 Å². The van der Waals surface area contributed by atoms with Crippen LogP contribution in [0, 0.1) is 5.92 Å². The van der Waals surface area contributed by atoms with Crippen LogP contribution >= 0.6 is 11.3 Å². The molecule has 1 aromatic heterocycles. The van der Waals surface area contributed by atoms with Crippen LogP contribution in [0.15, 0.2) is 24.3 Å². The van der Waals surface area contributed by atoms with E-state index in [1.165, 1.54) is 61.8 Å². The molecule has 5 rings (SSSR count). The fourth-order valence-electron chi connectivity index (χ4n) is 4.73. The van der Waals surface area contributed by atoms with Gasteiger partial charge in [-0.05, 0) is 37.3 Å². The number of hydrogen-bond acceptors (Lipinski definition) is 5. The third kappa shape index (κ3) is 2.83. The van der Waals surface area contributed by atoms with Gasteiger partial charge in [0, 0.05) is 51.9 Å². The lowest BCUT2D eigenvalue weighted by Gasteiger charge is -2.36. The molecule has 1 saturated carbocycles. The molecular weight excluding hydrogens is 316 g/mol. The number of nitrogens with zero attached hydrogens (tertiary/aromatic N) is 4. The highest BCUT2D eigenvalue weighted by atomic mass is 32.1. The fraction of sp³-hybridized carbons (Fsp3) is 0.632. The lowest BCUT2D eigenvalue weighted by molar-refractivity contribution is 0.167. The minimum absolute atomic E-state index is 0.916. The number of anilines is 1. The summed E-state index contributed by atoms with van der Waals surface area (Å²) >= 11 is 1.83. The normalized spacial score (nSPS) is 28.2. The molecule has 2 bridgehead atoms. The first-order valence-electron chi connectivity index (χ1n) is 9.42. The van der Waals surface area contributed by atoms with E-state index >= 15 is 0 Å². The summed E-state index contributed by atoms with van der Waals surface area (Å²) < 4.78 is 1.30. The van der Waals surface area contributed by atoms with Gasteiger partial charge >= 0.3 is 0 Å². The summed E-state index contributed by atoms with van der Waals surface area (Å²) in [5, 5.41) is 1.20. The molecule has 0 unspecified atom stereocenters. The number of aromatic nitrogens is 1. The van der Waals surface area contributed by atoms with E-state index < -0.39 is 0 Å². The molecule has 2 aromatic rings. The van der Waals surface area contributed by atoms with E-state index in [0.29, 0.717) is 0 Å². The minimum Gasteiger partial charge on any atom is -0.345 e. The summed E-state index contributed by atoms with van der Waals surface area (Å²) in [7, 11) is 0. The van der Waals surface area contributed by atoms with Crippen molar-refractivity contribution in [1.29, 1.82) is 0 Å². The van der Waals surface area contributed by atoms with Crippen molar-refractivity contribution in [3.63, 3.8) is 0 Å². The lowest BCUT2D eigenvalue weighted by atomic mass is 10.1. The first-order valence-corrected chi connectivity index (χ1v) is 10.2. The molecule has 2 aliphatic heterocycles. The van der Waals surface area contributed by atoms with Gasteiger partial charge in [0.25, 0.3) is 0 Å². The summed E-state index contributed by atoms with van der Waals surface area (Å²) in [6.45, 7) is 8.49. The smallest absolute Gasteiger partial charge is 0.186 e. The van der Waals surface area contributed by atoms with E-state index in [2.05, 4.69) is 39.0 Å². The number of likely N-dealkylation sites (tertiary alicyclic amines) is 1. The first-order chi connectivity index (χ1) is 11.8. The molecule has 4 nitrogen and oxygen atoms in total. The number of rotatable bonds is 4. The Bertz CT molecular complexity index is 673. The molecule has 1 aliphatic carbocycles. The van der Waals surface area contributed by atoms with Crippen molar-refractivity contribution < 1.29 is 0 Å². The van der Waals surface area contributed by atoms with Gasteiger partial charge in [-0.1, -0.05) is 23.5 Å². The maximum Gasteiger partial charge on any atom is 0.186 e. The van der Waals surface area contributed by atoms with Gasteiger partial charge in [-0.2, -0.15) is 0 Å². The zero-order valence-corrected chi connectivity index (χ0v) is 15.0. The summed E-state index contributed by atoms with van der Waals surface area (Å²) in [6, 6.07) is 9.40. The summed E-state index contributed by atoms with van der Waals surface area (Å²) in [5.41, 5.74) is 1.14. The van der Waals surface area contributed by atoms with Gasteiger partial charge in [0.1, 0.15) is 0 Å². The highest BCUT2D eigenvalue weighted by Crippen LogP contribution is 2.37. The lowest BCUT2D eigenvalue weighted by Crippen LogP contribution is -2.49. The van der Waals surface area contributed by atoms with Crippen LogP contribution in [0.1, 0.15) is 19.3 Å². The van der Waals surface area contributed by atoms with Crippen LogP contribution in [-0.4, -0.2) is 66.6 Å². The Morgan fingerprint density at radius 2 is 1.92 bits per heavy atom. The second-order valence-corrected chi connectivity index (χ2v) is 8.63. The maximum absolute atomic E-state index is 4.81. The van der Waals surface area contributed by atoms with Crippen molar-refractivity contribution in [2.45, 2.75) is 25.3 Å². The maximum atomic E-state index is 4.81. The minimum atomic E-state index is 0.916. The highest BCUT2D eigenvalue weighted by Gasteiger charge is 2.37. The van der Waals surface area contributed by atoms with Crippen LogP contribution in [0.5, 0.6) is 0 Å². The van der Waals surface area contributed by atoms with Crippen LogP contribution in [0.3, 0.4) is 0 Å². The van der Waals surface area contributed by atoms with Crippen LogP contribution in [0.2, 0.25) is 0 Å². The van der Waals surface area contributed by atoms with E-state index in [0.717, 1.165) is 30.6 Å². The SMILES string of the molecule is c1ccc2sc(N3CCN(CCN4C[C@H]5CC[C@@H]4C5)CC3)nc2c1. The van der Waals surface area contributed by atoms with Gasteiger partial charge < -0.3 is 4.90 Å². The van der Waals surface area contributed by atoms with Gasteiger partial charge in [-0.3, -0.25) is 9.80 Å². The van der Waals surface area contributed by atoms with Crippen molar-refractivity contribution in [2.24, 2.45) is 5.92 Å².